The number of rotatable bonds is 8. The van der Waals surface area contributed by atoms with Crippen molar-refractivity contribution in [1.29, 1.82) is 0 Å². The van der Waals surface area contributed by atoms with Crippen LogP contribution in [0.25, 0.3) is 0 Å². The number of thiazole rings is 2. The maximum Gasteiger partial charge on any atom is 0.311 e. The van der Waals surface area contributed by atoms with Gasteiger partial charge >= 0.3 is 5.97 Å². The second-order valence-electron chi connectivity index (χ2n) is 7.19. The minimum Gasteiger partial charge on any atom is -0.466 e. The number of anilines is 2. The van der Waals surface area contributed by atoms with Gasteiger partial charge in [-0.2, -0.15) is 0 Å². The van der Waals surface area contributed by atoms with E-state index in [2.05, 4.69) is 25.6 Å². The summed E-state index contributed by atoms with van der Waals surface area (Å²) in [7, 11) is 0. The summed E-state index contributed by atoms with van der Waals surface area (Å²) in [5.41, 5.74) is 1.84. The van der Waals surface area contributed by atoms with Crippen molar-refractivity contribution >= 4 is 50.7 Å². The van der Waals surface area contributed by atoms with E-state index < -0.39 is 0 Å². The summed E-state index contributed by atoms with van der Waals surface area (Å²) in [6.07, 6.45) is 2.34. The average molecular weight is 487 g/mol. The van der Waals surface area contributed by atoms with Gasteiger partial charge in [-0.25, -0.2) is 9.97 Å². The van der Waals surface area contributed by atoms with E-state index in [1.807, 2.05) is 4.90 Å². The van der Waals surface area contributed by atoms with Gasteiger partial charge in [-0.05, 0) is 19.1 Å². The van der Waals surface area contributed by atoms with Crippen molar-refractivity contribution in [2.45, 2.75) is 26.3 Å². The quantitative estimate of drug-likeness (QED) is 0.465. The van der Waals surface area contributed by atoms with Gasteiger partial charge in [-0.1, -0.05) is 6.07 Å². The van der Waals surface area contributed by atoms with Gasteiger partial charge < -0.3 is 10.1 Å². The Kier molecular flexibility index (Phi) is 7.37. The summed E-state index contributed by atoms with van der Waals surface area (Å²) in [6.45, 7) is 3.54. The van der Waals surface area contributed by atoms with Crippen LogP contribution in [0.5, 0.6) is 0 Å². The molecule has 0 saturated carbocycles. The highest BCUT2D eigenvalue weighted by atomic mass is 32.1. The van der Waals surface area contributed by atoms with E-state index >= 15 is 0 Å². The number of hydrogen-bond acceptors (Lipinski definition) is 10. The lowest BCUT2D eigenvalue weighted by Crippen LogP contribution is -2.36. The first-order valence-electron chi connectivity index (χ1n) is 10.3. The molecule has 2 N–H and O–H groups in total. The molecule has 4 rings (SSSR count). The molecule has 0 radical (unpaired) electrons. The van der Waals surface area contributed by atoms with Crippen LogP contribution in [0.3, 0.4) is 0 Å². The fourth-order valence-corrected chi connectivity index (χ4v) is 5.03. The Hall–Kier alpha value is -3.22. The van der Waals surface area contributed by atoms with Crippen LogP contribution >= 0.6 is 22.7 Å². The summed E-state index contributed by atoms with van der Waals surface area (Å²) in [6, 6.07) is 5.15. The molecule has 172 valence electrons. The van der Waals surface area contributed by atoms with Crippen LogP contribution in [0.4, 0.5) is 10.3 Å². The number of nitrogens with one attached hydrogen (secondary N) is 2. The highest BCUT2D eigenvalue weighted by Crippen LogP contribution is 2.28. The Morgan fingerprint density at radius 1 is 1.18 bits per heavy atom. The zero-order chi connectivity index (χ0) is 23.2. The molecule has 2 amide bonds. The molecule has 0 fully saturated rings. The van der Waals surface area contributed by atoms with Gasteiger partial charge in [-0.3, -0.25) is 29.6 Å². The van der Waals surface area contributed by atoms with Gasteiger partial charge in [0, 0.05) is 36.0 Å². The molecular formula is C21H22N6O4S2. The summed E-state index contributed by atoms with van der Waals surface area (Å²) in [5, 5.41) is 8.30. The largest absolute Gasteiger partial charge is 0.466 e. The Morgan fingerprint density at radius 3 is 2.85 bits per heavy atom. The van der Waals surface area contributed by atoms with Crippen molar-refractivity contribution in [3.05, 3.63) is 51.7 Å². The van der Waals surface area contributed by atoms with Gasteiger partial charge in [0.2, 0.25) is 5.91 Å². The van der Waals surface area contributed by atoms with E-state index in [0.717, 1.165) is 10.6 Å². The maximum atomic E-state index is 12.5. The molecule has 0 unspecified atom stereocenters. The molecule has 0 atom stereocenters. The molecule has 0 aromatic carbocycles. The van der Waals surface area contributed by atoms with Gasteiger partial charge in [0.15, 0.2) is 10.3 Å². The number of nitrogens with zero attached hydrogens (tertiary/aromatic N) is 4. The van der Waals surface area contributed by atoms with Gasteiger partial charge in [0.05, 0.1) is 31.0 Å². The summed E-state index contributed by atoms with van der Waals surface area (Å²) in [4.78, 5) is 52.2. The first kappa shape index (κ1) is 23.0. The lowest BCUT2D eigenvalue weighted by atomic mass is 10.2. The van der Waals surface area contributed by atoms with Gasteiger partial charge in [-0.15, -0.1) is 22.7 Å². The number of ether oxygens (including phenoxy) is 1. The van der Waals surface area contributed by atoms with Gasteiger partial charge in [0.1, 0.15) is 5.69 Å². The molecule has 0 spiro atoms. The van der Waals surface area contributed by atoms with Crippen molar-refractivity contribution in [1.82, 2.24) is 19.9 Å². The molecule has 0 aliphatic carbocycles. The number of fused-ring (bicyclic) bond motifs is 1. The predicted molar refractivity (Wildman–Crippen MR) is 124 cm³/mol. The number of hydrogen-bond donors (Lipinski definition) is 2. The maximum absolute atomic E-state index is 12.5. The summed E-state index contributed by atoms with van der Waals surface area (Å²) < 4.78 is 4.91. The number of carbonyl (C=O) groups excluding carboxylic acids is 3. The third-order valence-corrected chi connectivity index (χ3v) is 6.53. The standard InChI is InChI=1S/C21H22N6O4S2/c1-2-31-18(29)9-13-12-32-20(23-13)25-17(28)11-27-8-6-14-16(10-27)33-21(24-14)26-19(30)15-5-3-4-7-22-15/h3-5,7,12H,2,6,8-11H2,1H3,(H,23,25,28)(H,24,26,30). The lowest BCUT2D eigenvalue weighted by molar-refractivity contribution is -0.142. The average Bonchev–Trinajstić information content (AvgIpc) is 3.40. The Balaban J connectivity index is 1.28. The molecular weight excluding hydrogens is 464 g/mol. The van der Waals surface area contributed by atoms with E-state index in [-0.39, 0.29) is 30.7 Å². The van der Waals surface area contributed by atoms with E-state index in [1.54, 1.807) is 36.7 Å². The van der Waals surface area contributed by atoms with E-state index in [0.29, 0.717) is 47.8 Å². The number of aromatic nitrogens is 3. The Bertz CT molecular complexity index is 1150. The zero-order valence-corrected chi connectivity index (χ0v) is 19.5. The predicted octanol–water partition coefficient (Wildman–Crippen LogP) is 2.35. The number of pyridine rings is 1. The number of carbonyl (C=O) groups is 3. The first-order chi connectivity index (χ1) is 16.0. The van der Waals surface area contributed by atoms with Crippen LogP contribution in [0.15, 0.2) is 29.8 Å². The molecule has 10 nitrogen and oxygen atoms in total. The Labute approximate surface area is 198 Å². The molecule has 33 heavy (non-hydrogen) atoms. The van der Waals surface area contributed by atoms with Crippen molar-refractivity contribution in [3.63, 3.8) is 0 Å². The third-order valence-electron chi connectivity index (χ3n) is 4.72. The van der Waals surface area contributed by atoms with Crippen LogP contribution in [-0.2, 0) is 33.7 Å². The van der Waals surface area contributed by atoms with Gasteiger partial charge in [0.25, 0.3) is 5.91 Å². The summed E-state index contributed by atoms with van der Waals surface area (Å²) in [5.74, 6) is -0.822. The van der Waals surface area contributed by atoms with E-state index in [4.69, 9.17) is 4.74 Å². The fourth-order valence-electron chi connectivity index (χ4n) is 3.26. The molecule has 4 heterocycles. The number of amides is 2. The van der Waals surface area contributed by atoms with E-state index in [9.17, 15) is 14.4 Å². The molecule has 0 saturated heterocycles. The SMILES string of the molecule is CCOC(=O)Cc1csc(NC(=O)CN2CCc3nc(NC(=O)c4ccccn4)sc3C2)n1. The summed E-state index contributed by atoms with van der Waals surface area (Å²) >= 11 is 2.68. The monoisotopic (exact) mass is 486 g/mol. The normalized spacial score (nSPS) is 13.2. The van der Waals surface area contributed by atoms with Crippen molar-refractivity contribution < 1.29 is 19.1 Å². The molecule has 1 aliphatic rings. The molecule has 12 heteroatoms. The van der Waals surface area contributed by atoms with Crippen LogP contribution in [0.1, 0.15) is 33.7 Å². The lowest BCUT2D eigenvalue weighted by Gasteiger charge is -2.24. The minimum absolute atomic E-state index is 0.0830. The smallest absolute Gasteiger partial charge is 0.311 e. The third kappa shape index (κ3) is 6.18. The van der Waals surface area contributed by atoms with Crippen molar-refractivity contribution in [2.24, 2.45) is 0 Å². The van der Waals surface area contributed by atoms with Crippen molar-refractivity contribution in [3.8, 4) is 0 Å². The highest BCUT2D eigenvalue weighted by Gasteiger charge is 2.23. The van der Waals surface area contributed by atoms with Crippen molar-refractivity contribution in [2.75, 3.05) is 30.3 Å². The van der Waals surface area contributed by atoms with Crippen LogP contribution in [0.2, 0.25) is 0 Å². The minimum atomic E-state index is -0.343. The Morgan fingerprint density at radius 2 is 2.06 bits per heavy atom. The first-order valence-corrected chi connectivity index (χ1v) is 12.0. The van der Waals surface area contributed by atoms with Crippen LogP contribution in [0, 0.1) is 0 Å². The number of esters is 1. The second-order valence-corrected chi connectivity index (χ2v) is 9.13. The van der Waals surface area contributed by atoms with Crippen LogP contribution in [-0.4, -0.2) is 57.3 Å². The molecule has 0 bridgehead atoms. The highest BCUT2D eigenvalue weighted by molar-refractivity contribution is 7.16. The van der Waals surface area contributed by atoms with Crippen LogP contribution < -0.4 is 10.6 Å². The zero-order valence-electron chi connectivity index (χ0n) is 17.9. The fraction of sp³-hybridized carbons (Fsp3) is 0.333. The molecule has 1 aliphatic heterocycles. The molecule has 3 aromatic heterocycles. The topological polar surface area (TPSA) is 126 Å². The molecule has 3 aromatic rings. The van der Waals surface area contributed by atoms with E-state index in [1.165, 1.54) is 22.7 Å². The second kappa shape index (κ2) is 10.6.